The lowest BCUT2D eigenvalue weighted by atomic mass is 10.1. The van der Waals surface area contributed by atoms with Gasteiger partial charge in [-0.05, 0) is 63.6 Å². The molecule has 0 spiro atoms. The molecule has 2 N–H and O–H groups in total. The summed E-state index contributed by atoms with van der Waals surface area (Å²) < 4.78 is 32.7. The number of nitrogens with one attached hydrogen (secondary N) is 2. The van der Waals surface area contributed by atoms with E-state index in [0.717, 1.165) is 5.75 Å². The van der Waals surface area contributed by atoms with Gasteiger partial charge in [0.2, 0.25) is 15.9 Å². The summed E-state index contributed by atoms with van der Waals surface area (Å²) in [6, 6.07) is 15.5. The Bertz CT molecular complexity index is 842. The number of carbonyl (C=O) groups excluding carboxylic acids is 1. The number of sulfonamides is 1. The molecule has 146 valence electrons. The second-order valence-electron chi connectivity index (χ2n) is 7.19. The molecule has 2 aromatic rings. The topological polar surface area (TPSA) is 84.5 Å². The zero-order valence-electron chi connectivity index (χ0n) is 15.9. The molecule has 0 unspecified atom stereocenters. The van der Waals surface area contributed by atoms with Gasteiger partial charge in [0.25, 0.3) is 0 Å². The first-order valence-corrected chi connectivity index (χ1v) is 10.3. The van der Waals surface area contributed by atoms with Gasteiger partial charge < -0.3 is 10.1 Å². The fourth-order valence-corrected chi connectivity index (χ4v) is 3.76. The van der Waals surface area contributed by atoms with E-state index in [9.17, 15) is 13.2 Å². The summed E-state index contributed by atoms with van der Waals surface area (Å²) in [5.41, 5.74) is -0.00762. The third-order valence-electron chi connectivity index (χ3n) is 3.45. The van der Waals surface area contributed by atoms with E-state index >= 15 is 0 Å². The number of carbonyl (C=O) groups is 1. The summed E-state index contributed by atoms with van der Waals surface area (Å²) in [7, 11) is -3.59. The number of anilines is 1. The molecule has 2 rings (SSSR count). The minimum absolute atomic E-state index is 0.143. The Morgan fingerprint density at radius 1 is 1.00 bits per heavy atom. The van der Waals surface area contributed by atoms with Crippen LogP contribution in [0.25, 0.3) is 0 Å². The fraction of sp³-hybridized carbons (Fsp3) is 0.350. The Kier molecular flexibility index (Phi) is 6.98. The molecule has 0 fully saturated rings. The molecule has 27 heavy (non-hydrogen) atoms. The SMILES string of the molecule is CC(C)(C)NS(=O)(=O)c1ccc(NC(=O)CCCOc2ccccc2)cc1. The first-order valence-electron chi connectivity index (χ1n) is 8.77. The van der Waals surface area contributed by atoms with E-state index < -0.39 is 15.6 Å². The van der Waals surface area contributed by atoms with Crippen molar-refractivity contribution in [2.24, 2.45) is 0 Å². The van der Waals surface area contributed by atoms with Gasteiger partial charge in [-0.15, -0.1) is 0 Å². The normalized spacial score (nSPS) is 11.8. The first kappa shape index (κ1) is 20.9. The van der Waals surface area contributed by atoms with Crippen molar-refractivity contribution in [3.8, 4) is 5.75 Å². The molecule has 0 saturated heterocycles. The number of rotatable bonds is 8. The number of hydrogen-bond acceptors (Lipinski definition) is 4. The molecule has 0 aliphatic carbocycles. The zero-order chi connectivity index (χ0) is 19.9. The van der Waals surface area contributed by atoms with Crippen LogP contribution in [0.4, 0.5) is 5.69 Å². The quantitative estimate of drug-likeness (QED) is 0.675. The summed E-state index contributed by atoms with van der Waals surface area (Å²) in [5, 5.41) is 2.76. The van der Waals surface area contributed by atoms with Crippen LogP contribution in [0, 0.1) is 0 Å². The van der Waals surface area contributed by atoms with Crippen LogP contribution in [0.1, 0.15) is 33.6 Å². The number of benzene rings is 2. The minimum atomic E-state index is -3.59. The van der Waals surface area contributed by atoms with Crippen LogP contribution in [0.5, 0.6) is 5.75 Å². The van der Waals surface area contributed by atoms with Gasteiger partial charge in [0.05, 0.1) is 11.5 Å². The van der Waals surface area contributed by atoms with Crippen LogP contribution in [-0.2, 0) is 14.8 Å². The maximum absolute atomic E-state index is 12.3. The van der Waals surface area contributed by atoms with Crippen molar-refractivity contribution in [1.82, 2.24) is 4.72 Å². The monoisotopic (exact) mass is 390 g/mol. The summed E-state index contributed by atoms with van der Waals surface area (Å²) in [6.07, 6.45) is 0.904. The van der Waals surface area contributed by atoms with E-state index in [1.54, 1.807) is 32.9 Å². The third kappa shape index (κ3) is 7.40. The van der Waals surface area contributed by atoms with E-state index in [1.165, 1.54) is 12.1 Å². The number of amides is 1. The van der Waals surface area contributed by atoms with Gasteiger partial charge in [-0.1, -0.05) is 18.2 Å². The Hall–Kier alpha value is -2.38. The number of para-hydroxylation sites is 1. The lowest BCUT2D eigenvalue weighted by Crippen LogP contribution is -2.40. The van der Waals surface area contributed by atoms with Gasteiger partial charge in [-0.2, -0.15) is 0 Å². The average molecular weight is 391 g/mol. The van der Waals surface area contributed by atoms with Gasteiger partial charge >= 0.3 is 0 Å². The minimum Gasteiger partial charge on any atom is -0.494 e. The third-order valence-corrected chi connectivity index (χ3v) is 5.22. The highest BCUT2D eigenvalue weighted by Crippen LogP contribution is 2.16. The van der Waals surface area contributed by atoms with E-state index in [2.05, 4.69) is 10.0 Å². The molecule has 0 aliphatic heterocycles. The molecule has 0 atom stereocenters. The molecule has 0 aromatic heterocycles. The molecule has 0 bridgehead atoms. The van der Waals surface area contributed by atoms with Crippen molar-refractivity contribution >= 4 is 21.6 Å². The second-order valence-corrected chi connectivity index (χ2v) is 8.88. The molecule has 2 aromatic carbocycles. The maximum atomic E-state index is 12.3. The van der Waals surface area contributed by atoms with Gasteiger partial charge in [0.1, 0.15) is 5.75 Å². The van der Waals surface area contributed by atoms with Crippen LogP contribution in [0.2, 0.25) is 0 Å². The summed E-state index contributed by atoms with van der Waals surface area (Å²) >= 11 is 0. The van der Waals surface area contributed by atoms with Crippen molar-refractivity contribution in [3.05, 3.63) is 54.6 Å². The Labute approximate surface area is 161 Å². The van der Waals surface area contributed by atoms with Crippen molar-refractivity contribution in [2.45, 2.75) is 44.0 Å². The lowest BCUT2D eigenvalue weighted by Gasteiger charge is -2.20. The fourth-order valence-electron chi connectivity index (χ4n) is 2.34. The number of hydrogen-bond donors (Lipinski definition) is 2. The largest absolute Gasteiger partial charge is 0.494 e. The second kappa shape index (κ2) is 9.01. The van der Waals surface area contributed by atoms with E-state index in [4.69, 9.17) is 4.74 Å². The highest BCUT2D eigenvalue weighted by molar-refractivity contribution is 7.89. The molecule has 1 amide bonds. The van der Waals surface area contributed by atoms with Crippen LogP contribution in [0.3, 0.4) is 0 Å². The number of ether oxygens (including phenoxy) is 1. The highest BCUT2D eigenvalue weighted by Gasteiger charge is 2.21. The van der Waals surface area contributed by atoms with Crippen LogP contribution < -0.4 is 14.8 Å². The Balaban J connectivity index is 1.81. The predicted octanol–water partition coefficient (Wildman–Crippen LogP) is 3.56. The first-order chi connectivity index (χ1) is 12.7. The Morgan fingerprint density at radius 2 is 1.63 bits per heavy atom. The van der Waals surface area contributed by atoms with Crippen molar-refractivity contribution in [3.63, 3.8) is 0 Å². The molecule has 0 aliphatic rings. The molecular weight excluding hydrogens is 364 g/mol. The molecule has 0 heterocycles. The highest BCUT2D eigenvalue weighted by atomic mass is 32.2. The lowest BCUT2D eigenvalue weighted by molar-refractivity contribution is -0.116. The standard InChI is InChI=1S/C20H26N2O4S/c1-20(2,3)22-27(24,25)18-13-11-16(12-14-18)21-19(23)10-7-15-26-17-8-5-4-6-9-17/h4-6,8-9,11-14,22H,7,10,15H2,1-3H3,(H,21,23). The van der Waals surface area contributed by atoms with Crippen molar-refractivity contribution in [2.75, 3.05) is 11.9 Å². The van der Waals surface area contributed by atoms with Gasteiger partial charge in [-0.3, -0.25) is 4.79 Å². The van der Waals surface area contributed by atoms with Crippen LogP contribution in [0.15, 0.2) is 59.5 Å². The van der Waals surface area contributed by atoms with Crippen molar-refractivity contribution < 1.29 is 17.9 Å². The van der Waals surface area contributed by atoms with Gasteiger partial charge in [0, 0.05) is 17.6 Å². The molecule has 7 heteroatoms. The molecule has 0 radical (unpaired) electrons. The predicted molar refractivity (Wildman–Crippen MR) is 106 cm³/mol. The van der Waals surface area contributed by atoms with E-state index in [-0.39, 0.29) is 10.8 Å². The molecule has 6 nitrogen and oxygen atoms in total. The van der Waals surface area contributed by atoms with Crippen LogP contribution in [-0.4, -0.2) is 26.5 Å². The van der Waals surface area contributed by atoms with E-state index in [0.29, 0.717) is 25.1 Å². The smallest absolute Gasteiger partial charge is 0.241 e. The van der Waals surface area contributed by atoms with Crippen LogP contribution >= 0.6 is 0 Å². The summed E-state index contributed by atoms with van der Waals surface area (Å²) in [5.74, 6) is 0.633. The van der Waals surface area contributed by atoms with Gasteiger partial charge in [-0.25, -0.2) is 13.1 Å². The molecular formula is C20H26N2O4S. The Morgan fingerprint density at radius 3 is 2.22 bits per heavy atom. The van der Waals surface area contributed by atoms with E-state index in [1.807, 2.05) is 30.3 Å². The zero-order valence-corrected chi connectivity index (χ0v) is 16.7. The van der Waals surface area contributed by atoms with Crippen molar-refractivity contribution in [1.29, 1.82) is 0 Å². The maximum Gasteiger partial charge on any atom is 0.241 e. The molecule has 0 saturated carbocycles. The average Bonchev–Trinajstić information content (AvgIpc) is 2.58. The van der Waals surface area contributed by atoms with Gasteiger partial charge in [0.15, 0.2) is 0 Å². The summed E-state index contributed by atoms with van der Waals surface area (Å²) in [6.45, 7) is 5.79. The summed E-state index contributed by atoms with van der Waals surface area (Å²) in [4.78, 5) is 12.2.